The molecule has 4 nitrogen and oxygen atoms in total. The smallest absolute Gasteiger partial charge is 0.329 e. The summed E-state index contributed by atoms with van der Waals surface area (Å²) in [5.74, 6) is 0.434. The number of amides is 1. The normalized spacial score (nSPS) is 14.9. The first-order valence-electron chi connectivity index (χ1n) is 11.0. The maximum Gasteiger partial charge on any atom is 0.416 e. The predicted molar refractivity (Wildman–Crippen MR) is 121 cm³/mol. The van der Waals surface area contributed by atoms with E-state index in [-0.39, 0.29) is 30.6 Å². The second-order valence-corrected chi connectivity index (χ2v) is 8.79. The number of alkyl halides is 3. The molecule has 0 N–H and O–H groups in total. The molecular formula is C25H25ClF3N3O. The Morgan fingerprint density at radius 2 is 1.76 bits per heavy atom. The highest BCUT2D eigenvalue weighted by Gasteiger charge is 2.33. The lowest BCUT2D eigenvalue weighted by molar-refractivity contribution is -0.138. The van der Waals surface area contributed by atoms with Crippen LogP contribution >= 0.6 is 11.6 Å². The van der Waals surface area contributed by atoms with Gasteiger partial charge in [-0.1, -0.05) is 49.1 Å². The van der Waals surface area contributed by atoms with Crippen molar-refractivity contribution in [1.29, 1.82) is 0 Å². The molecule has 1 saturated carbocycles. The number of hydrogen-bond donors (Lipinski definition) is 0. The summed E-state index contributed by atoms with van der Waals surface area (Å²) < 4.78 is 42.1. The van der Waals surface area contributed by atoms with E-state index in [4.69, 9.17) is 11.6 Å². The van der Waals surface area contributed by atoms with Crippen LogP contribution in [0, 0.1) is 0 Å². The second-order valence-electron chi connectivity index (χ2n) is 8.36. The third kappa shape index (κ3) is 5.58. The summed E-state index contributed by atoms with van der Waals surface area (Å²) in [4.78, 5) is 19.6. The molecule has 174 valence electrons. The Morgan fingerprint density at radius 3 is 2.45 bits per heavy atom. The van der Waals surface area contributed by atoms with Crippen LogP contribution in [0.4, 0.5) is 13.2 Å². The van der Waals surface area contributed by atoms with E-state index in [9.17, 15) is 18.0 Å². The zero-order valence-electron chi connectivity index (χ0n) is 18.1. The Hall–Kier alpha value is -2.80. The van der Waals surface area contributed by atoms with E-state index in [2.05, 4.69) is 4.98 Å². The van der Waals surface area contributed by atoms with Crippen LogP contribution in [-0.2, 0) is 19.3 Å². The Balaban J connectivity index is 1.61. The molecule has 33 heavy (non-hydrogen) atoms. The number of carbonyl (C=O) groups excluding carboxylic acids is 1. The Kier molecular flexibility index (Phi) is 7.08. The van der Waals surface area contributed by atoms with Crippen molar-refractivity contribution in [2.24, 2.45) is 0 Å². The summed E-state index contributed by atoms with van der Waals surface area (Å²) in [6.07, 6.45) is 3.82. The molecule has 1 aliphatic rings. The lowest BCUT2D eigenvalue weighted by Crippen LogP contribution is -2.41. The van der Waals surface area contributed by atoms with E-state index in [1.807, 2.05) is 4.90 Å². The van der Waals surface area contributed by atoms with Gasteiger partial charge in [0.05, 0.1) is 12.1 Å². The topological polar surface area (TPSA) is 38.1 Å². The van der Waals surface area contributed by atoms with Crippen molar-refractivity contribution in [1.82, 2.24) is 14.5 Å². The molecule has 1 aromatic heterocycles. The largest absolute Gasteiger partial charge is 0.416 e. The molecule has 0 aliphatic heterocycles. The lowest BCUT2D eigenvalue weighted by Gasteiger charge is -2.34. The van der Waals surface area contributed by atoms with Gasteiger partial charge in [-0.05, 0) is 48.7 Å². The zero-order chi connectivity index (χ0) is 23.4. The van der Waals surface area contributed by atoms with Crippen LogP contribution in [0.5, 0.6) is 0 Å². The van der Waals surface area contributed by atoms with Crippen LogP contribution in [-0.4, -0.2) is 26.4 Å². The van der Waals surface area contributed by atoms with Crippen molar-refractivity contribution >= 4 is 17.5 Å². The number of hydrogen-bond acceptors (Lipinski definition) is 2. The lowest BCUT2D eigenvalue weighted by atomic mass is 9.93. The first-order valence-corrected chi connectivity index (χ1v) is 11.4. The summed E-state index contributed by atoms with van der Waals surface area (Å²) >= 11 is 5.98. The predicted octanol–water partition coefficient (Wildman–Crippen LogP) is 6.58. The van der Waals surface area contributed by atoms with Gasteiger partial charge in [-0.3, -0.25) is 4.79 Å². The minimum Gasteiger partial charge on any atom is -0.329 e. The number of aromatic nitrogens is 2. The molecule has 0 radical (unpaired) electrons. The molecular weight excluding hydrogens is 451 g/mol. The third-order valence-corrected chi connectivity index (χ3v) is 6.40. The SMILES string of the molecule is O=C(c1ccc(Cl)cc1)N(Cc1nccn1Cc1ccccc1C(F)(F)F)C1CCCCC1. The fourth-order valence-corrected chi connectivity index (χ4v) is 4.55. The summed E-state index contributed by atoms with van der Waals surface area (Å²) in [5.41, 5.74) is 0.0361. The summed E-state index contributed by atoms with van der Waals surface area (Å²) in [6.45, 7) is 0.256. The number of halogens is 4. The van der Waals surface area contributed by atoms with Gasteiger partial charge in [0.2, 0.25) is 0 Å². The summed E-state index contributed by atoms with van der Waals surface area (Å²) in [6, 6.07) is 12.4. The quantitative estimate of drug-likeness (QED) is 0.404. The molecule has 1 amide bonds. The van der Waals surface area contributed by atoms with E-state index < -0.39 is 11.7 Å². The van der Waals surface area contributed by atoms with E-state index in [0.717, 1.165) is 38.2 Å². The fraction of sp³-hybridized carbons (Fsp3) is 0.360. The maximum atomic E-state index is 13.5. The highest BCUT2D eigenvalue weighted by atomic mass is 35.5. The fourth-order valence-electron chi connectivity index (χ4n) is 4.42. The molecule has 0 atom stereocenters. The molecule has 0 spiro atoms. The van der Waals surface area contributed by atoms with Crippen molar-refractivity contribution in [2.75, 3.05) is 0 Å². The van der Waals surface area contributed by atoms with Crippen LogP contribution in [0.15, 0.2) is 60.9 Å². The van der Waals surface area contributed by atoms with Crippen molar-refractivity contribution in [2.45, 2.75) is 57.4 Å². The maximum absolute atomic E-state index is 13.5. The highest BCUT2D eigenvalue weighted by Crippen LogP contribution is 2.32. The van der Waals surface area contributed by atoms with Gasteiger partial charge in [0, 0.05) is 35.6 Å². The minimum absolute atomic E-state index is 0.0264. The van der Waals surface area contributed by atoms with Gasteiger partial charge < -0.3 is 9.47 Å². The monoisotopic (exact) mass is 475 g/mol. The number of benzene rings is 2. The first kappa shape index (κ1) is 23.4. The van der Waals surface area contributed by atoms with Gasteiger partial charge in [-0.15, -0.1) is 0 Å². The number of carbonyl (C=O) groups is 1. The Morgan fingerprint density at radius 1 is 1.06 bits per heavy atom. The minimum atomic E-state index is -4.43. The van der Waals surface area contributed by atoms with Crippen LogP contribution in [0.25, 0.3) is 0 Å². The molecule has 0 unspecified atom stereocenters. The van der Waals surface area contributed by atoms with Gasteiger partial charge in [0.25, 0.3) is 5.91 Å². The number of nitrogens with zero attached hydrogens (tertiary/aromatic N) is 3. The third-order valence-electron chi connectivity index (χ3n) is 6.14. The molecule has 4 rings (SSSR count). The average molecular weight is 476 g/mol. The molecule has 8 heteroatoms. The molecule has 3 aromatic rings. The molecule has 1 heterocycles. The number of imidazole rings is 1. The molecule has 1 fully saturated rings. The average Bonchev–Trinajstić information content (AvgIpc) is 3.24. The molecule has 2 aromatic carbocycles. The summed E-state index contributed by atoms with van der Waals surface area (Å²) in [5, 5.41) is 0.551. The van der Waals surface area contributed by atoms with Crippen LogP contribution in [0.3, 0.4) is 0 Å². The molecule has 0 bridgehead atoms. The zero-order valence-corrected chi connectivity index (χ0v) is 18.8. The van der Waals surface area contributed by atoms with Gasteiger partial charge in [0.1, 0.15) is 5.82 Å². The molecule has 0 saturated heterocycles. The van der Waals surface area contributed by atoms with Gasteiger partial charge in [-0.2, -0.15) is 13.2 Å². The second kappa shape index (κ2) is 10.00. The van der Waals surface area contributed by atoms with Crippen LogP contribution < -0.4 is 0 Å². The standard InChI is InChI=1S/C25H25ClF3N3O/c26-20-12-10-18(11-13-20)24(33)32(21-7-2-1-3-8-21)17-23-30-14-15-31(23)16-19-6-4-5-9-22(19)25(27,28)29/h4-6,9-15,21H,1-3,7-8,16-17H2. The van der Waals surface area contributed by atoms with E-state index >= 15 is 0 Å². The Labute approximate surface area is 196 Å². The van der Waals surface area contributed by atoms with Gasteiger partial charge in [-0.25, -0.2) is 4.98 Å². The first-order chi connectivity index (χ1) is 15.8. The van der Waals surface area contributed by atoms with Crippen molar-refractivity contribution in [3.05, 3.63) is 88.5 Å². The van der Waals surface area contributed by atoms with E-state index in [0.29, 0.717) is 16.4 Å². The van der Waals surface area contributed by atoms with Crippen LogP contribution in [0.2, 0.25) is 5.02 Å². The van der Waals surface area contributed by atoms with E-state index in [1.165, 1.54) is 12.1 Å². The Bertz CT molecular complexity index is 1090. The van der Waals surface area contributed by atoms with Crippen molar-refractivity contribution < 1.29 is 18.0 Å². The van der Waals surface area contributed by atoms with Crippen molar-refractivity contribution in [3.8, 4) is 0 Å². The van der Waals surface area contributed by atoms with Crippen molar-refractivity contribution in [3.63, 3.8) is 0 Å². The van der Waals surface area contributed by atoms with Crippen LogP contribution in [0.1, 0.15) is 59.4 Å². The number of rotatable bonds is 6. The highest BCUT2D eigenvalue weighted by molar-refractivity contribution is 6.30. The molecule has 1 aliphatic carbocycles. The van der Waals surface area contributed by atoms with Gasteiger partial charge >= 0.3 is 6.18 Å². The summed E-state index contributed by atoms with van der Waals surface area (Å²) in [7, 11) is 0. The van der Waals surface area contributed by atoms with E-state index in [1.54, 1.807) is 47.3 Å². The van der Waals surface area contributed by atoms with Gasteiger partial charge in [0.15, 0.2) is 0 Å².